The van der Waals surface area contributed by atoms with E-state index in [0.29, 0.717) is 30.7 Å². The number of esters is 1. The van der Waals surface area contributed by atoms with Gasteiger partial charge in [-0.15, -0.1) is 0 Å². The maximum absolute atomic E-state index is 12.1. The summed E-state index contributed by atoms with van der Waals surface area (Å²) >= 11 is 0. The number of rotatable bonds is 7. The van der Waals surface area contributed by atoms with Crippen molar-refractivity contribution in [3.05, 3.63) is 65.2 Å². The summed E-state index contributed by atoms with van der Waals surface area (Å²) in [7, 11) is 0. The number of aryl methyl sites for hydroxylation is 2. The lowest BCUT2D eigenvalue weighted by Gasteiger charge is -2.08. The minimum Gasteiger partial charge on any atom is -0.462 e. The van der Waals surface area contributed by atoms with Gasteiger partial charge in [-0.05, 0) is 43.5 Å². The number of carbonyl (C=O) groups excluding carboxylic acids is 2. The van der Waals surface area contributed by atoms with Gasteiger partial charge in [0.05, 0.1) is 12.2 Å². The summed E-state index contributed by atoms with van der Waals surface area (Å²) in [6.45, 7) is 4.37. The second-order valence-corrected chi connectivity index (χ2v) is 5.75. The van der Waals surface area contributed by atoms with Crippen LogP contribution in [0.3, 0.4) is 0 Å². The van der Waals surface area contributed by atoms with E-state index in [1.165, 1.54) is 5.56 Å². The van der Waals surface area contributed by atoms with Gasteiger partial charge >= 0.3 is 5.97 Å². The summed E-state index contributed by atoms with van der Waals surface area (Å²) in [5.41, 5.74) is 3.39. The van der Waals surface area contributed by atoms with Crippen LogP contribution in [0, 0.1) is 6.92 Å². The van der Waals surface area contributed by atoms with E-state index >= 15 is 0 Å². The van der Waals surface area contributed by atoms with E-state index in [1.807, 2.05) is 38.1 Å². The third-order valence-electron chi connectivity index (χ3n) is 3.58. The SMILES string of the molecule is CCCOC(=O)c1cccc(NC(=O)CCc2ccc(C)cc2)c1. The molecule has 0 unspecified atom stereocenters. The molecular weight excluding hydrogens is 302 g/mol. The maximum atomic E-state index is 12.1. The predicted molar refractivity (Wildman–Crippen MR) is 95.1 cm³/mol. The molecule has 126 valence electrons. The lowest BCUT2D eigenvalue weighted by atomic mass is 10.1. The predicted octanol–water partition coefficient (Wildman–Crippen LogP) is 4.13. The number of carbonyl (C=O) groups is 2. The molecule has 0 radical (unpaired) electrons. The number of hydrogen-bond donors (Lipinski definition) is 1. The van der Waals surface area contributed by atoms with Crippen LogP contribution >= 0.6 is 0 Å². The molecule has 4 nitrogen and oxygen atoms in total. The molecule has 1 N–H and O–H groups in total. The number of amides is 1. The second kappa shape index (κ2) is 8.87. The quantitative estimate of drug-likeness (QED) is 0.779. The molecule has 0 bridgehead atoms. The first-order valence-corrected chi connectivity index (χ1v) is 8.21. The van der Waals surface area contributed by atoms with Crippen LogP contribution in [0.25, 0.3) is 0 Å². The van der Waals surface area contributed by atoms with E-state index in [4.69, 9.17) is 4.74 Å². The molecule has 2 aromatic rings. The summed E-state index contributed by atoms with van der Waals surface area (Å²) in [5, 5.41) is 2.83. The number of anilines is 1. The molecule has 0 fully saturated rings. The van der Waals surface area contributed by atoms with Crippen LogP contribution in [0.5, 0.6) is 0 Å². The van der Waals surface area contributed by atoms with E-state index in [1.54, 1.807) is 24.3 Å². The Kier molecular flexibility index (Phi) is 6.55. The number of benzene rings is 2. The smallest absolute Gasteiger partial charge is 0.338 e. The van der Waals surface area contributed by atoms with Crippen LogP contribution in [0.4, 0.5) is 5.69 Å². The molecule has 0 heterocycles. The minimum atomic E-state index is -0.368. The van der Waals surface area contributed by atoms with Gasteiger partial charge in [-0.25, -0.2) is 4.79 Å². The van der Waals surface area contributed by atoms with Crippen molar-refractivity contribution in [2.45, 2.75) is 33.1 Å². The third-order valence-corrected chi connectivity index (χ3v) is 3.58. The minimum absolute atomic E-state index is 0.0744. The van der Waals surface area contributed by atoms with Gasteiger partial charge in [0, 0.05) is 12.1 Å². The van der Waals surface area contributed by atoms with Crippen LogP contribution in [-0.2, 0) is 16.0 Å². The van der Waals surface area contributed by atoms with E-state index < -0.39 is 0 Å². The summed E-state index contributed by atoms with van der Waals surface area (Å²) in [6, 6.07) is 15.0. The van der Waals surface area contributed by atoms with Gasteiger partial charge in [0.2, 0.25) is 5.91 Å². The van der Waals surface area contributed by atoms with E-state index in [0.717, 1.165) is 12.0 Å². The standard InChI is InChI=1S/C20H23NO3/c1-3-13-24-20(23)17-5-4-6-18(14-17)21-19(22)12-11-16-9-7-15(2)8-10-16/h4-10,14H,3,11-13H2,1-2H3,(H,21,22). The summed E-state index contributed by atoms with van der Waals surface area (Å²) < 4.78 is 5.10. The van der Waals surface area contributed by atoms with E-state index in [-0.39, 0.29) is 11.9 Å². The normalized spacial score (nSPS) is 10.2. The molecule has 0 aromatic heterocycles. The Morgan fingerprint density at radius 3 is 2.54 bits per heavy atom. The van der Waals surface area contributed by atoms with Crippen molar-refractivity contribution in [2.24, 2.45) is 0 Å². The van der Waals surface area contributed by atoms with Gasteiger partial charge in [-0.1, -0.05) is 42.8 Å². The summed E-state index contributed by atoms with van der Waals surface area (Å²) in [5.74, 6) is -0.442. The van der Waals surface area contributed by atoms with Gasteiger partial charge in [0.1, 0.15) is 0 Å². The van der Waals surface area contributed by atoms with Crippen LogP contribution < -0.4 is 5.32 Å². The van der Waals surface area contributed by atoms with Crippen molar-refractivity contribution in [2.75, 3.05) is 11.9 Å². The van der Waals surface area contributed by atoms with Gasteiger partial charge < -0.3 is 10.1 Å². The Balaban J connectivity index is 1.89. The number of ether oxygens (including phenoxy) is 1. The molecule has 0 spiro atoms. The topological polar surface area (TPSA) is 55.4 Å². The third kappa shape index (κ3) is 5.54. The zero-order chi connectivity index (χ0) is 17.4. The highest BCUT2D eigenvalue weighted by Gasteiger charge is 2.09. The highest BCUT2D eigenvalue weighted by Crippen LogP contribution is 2.13. The lowest BCUT2D eigenvalue weighted by Crippen LogP contribution is -2.13. The zero-order valence-corrected chi connectivity index (χ0v) is 14.2. The Labute approximate surface area is 142 Å². The van der Waals surface area contributed by atoms with Crippen molar-refractivity contribution in [3.63, 3.8) is 0 Å². The Hall–Kier alpha value is -2.62. The molecule has 0 aliphatic heterocycles. The first-order valence-electron chi connectivity index (χ1n) is 8.21. The van der Waals surface area contributed by atoms with Crippen LogP contribution in [0.1, 0.15) is 41.3 Å². The lowest BCUT2D eigenvalue weighted by molar-refractivity contribution is -0.116. The Morgan fingerprint density at radius 2 is 1.83 bits per heavy atom. The first kappa shape index (κ1) is 17.7. The van der Waals surface area contributed by atoms with Crippen LogP contribution in [0.15, 0.2) is 48.5 Å². The van der Waals surface area contributed by atoms with Gasteiger partial charge in [0.15, 0.2) is 0 Å². The fourth-order valence-corrected chi connectivity index (χ4v) is 2.24. The van der Waals surface area contributed by atoms with Crippen molar-refractivity contribution in [1.29, 1.82) is 0 Å². The maximum Gasteiger partial charge on any atom is 0.338 e. The molecule has 0 saturated carbocycles. The van der Waals surface area contributed by atoms with E-state index in [2.05, 4.69) is 5.32 Å². The highest BCUT2D eigenvalue weighted by molar-refractivity contribution is 5.94. The fourth-order valence-electron chi connectivity index (χ4n) is 2.24. The molecular formula is C20H23NO3. The molecule has 0 atom stereocenters. The average Bonchev–Trinajstić information content (AvgIpc) is 2.59. The number of hydrogen-bond acceptors (Lipinski definition) is 3. The monoisotopic (exact) mass is 325 g/mol. The zero-order valence-electron chi connectivity index (χ0n) is 14.2. The molecule has 0 saturated heterocycles. The molecule has 0 aliphatic carbocycles. The van der Waals surface area contributed by atoms with Crippen LogP contribution in [0.2, 0.25) is 0 Å². The fraction of sp³-hybridized carbons (Fsp3) is 0.300. The molecule has 4 heteroatoms. The molecule has 24 heavy (non-hydrogen) atoms. The summed E-state index contributed by atoms with van der Waals surface area (Å²) in [4.78, 5) is 23.9. The van der Waals surface area contributed by atoms with Crippen molar-refractivity contribution in [1.82, 2.24) is 0 Å². The molecule has 0 aliphatic rings. The van der Waals surface area contributed by atoms with Crippen molar-refractivity contribution >= 4 is 17.6 Å². The average molecular weight is 325 g/mol. The second-order valence-electron chi connectivity index (χ2n) is 5.75. The Bertz CT molecular complexity index is 692. The Morgan fingerprint density at radius 1 is 1.08 bits per heavy atom. The largest absolute Gasteiger partial charge is 0.462 e. The molecule has 2 aromatic carbocycles. The van der Waals surface area contributed by atoms with Crippen molar-refractivity contribution in [3.8, 4) is 0 Å². The molecule has 1 amide bonds. The first-order chi connectivity index (χ1) is 11.6. The highest BCUT2D eigenvalue weighted by atomic mass is 16.5. The van der Waals surface area contributed by atoms with Crippen molar-refractivity contribution < 1.29 is 14.3 Å². The van der Waals surface area contributed by atoms with Gasteiger partial charge in [0.25, 0.3) is 0 Å². The summed E-state index contributed by atoms with van der Waals surface area (Å²) in [6.07, 6.45) is 1.86. The molecule has 2 rings (SSSR count). The van der Waals surface area contributed by atoms with Gasteiger partial charge in [-0.2, -0.15) is 0 Å². The van der Waals surface area contributed by atoms with E-state index in [9.17, 15) is 9.59 Å². The number of nitrogens with one attached hydrogen (secondary N) is 1. The van der Waals surface area contributed by atoms with Gasteiger partial charge in [-0.3, -0.25) is 4.79 Å². The van der Waals surface area contributed by atoms with Crippen LogP contribution in [-0.4, -0.2) is 18.5 Å².